The molecule has 0 saturated heterocycles. The number of nitrogens with zero attached hydrogens (tertiary/aromatic N) is 2. The topological polar surface area (TPSA) is 54.9 Å². The third kappa shape index (κ3) is 7.65. The molecule has 6 heteroatoms. The SMILES string of the molecule is C=C(C)CSc1nnc(NC(=O)CCCCCCC)s1. The normalized spacial score (nSPS) is 10.5. The Kier molecular flexibility index (Phi) is 8.53. The molecule has 20 heavy (non-hydrogen) atoms. The van der Waals surface area contributed by atoms with E-state index in [1.165, 1.54) is 30.6 Å². The molecule has 0 fully saturated rings. The lowest BCUT2D eigenvalue weighted by Gasteiger charge is -2.01. The lowest BCUT2D eigenvalue weighted by molar-refractivity contribution is -0.116. The van der Waals surface area contributed by atoms with Crippen LogP contribution in [0.3, 0.4) is 0 Å². The van der Waals surface area contributed by atoms with E-state index in [-0.39, 0.29) is 5.91 Å². The fraction of sp³-hybridized carbons (Fsp3) is 0.643. The summed E-state index contributed by atoms with van der Waals surface area (Å²) in [5.74, 6) is 0.870. The fourth-order valence-electron chi connectivity index (χ4n) is 1.57. The molecule has 1 aromatic rings. The quantitative estimate of drug-likeness (QED) is 0.299. The summed E-state index contributed by atoms with van der Waals surface area (Å²) in [6.07, 6.45) is 6.32. The molecular formula is C14H23N3OS2. The molecular weight excluding hydrogens is 290 g/mol. The molecule has 0 bridgehead atoms. The Morgan fingerprint density at radius 2 is 2.05 bits per heavy atom. The number of thioether (sulfide) groups is 1. The summed E-state index contributed by atoms with van der Waals surface area (Å²) in [6.45, 7) is 8.01. The molecule has 0 atom stereocenters. The molecule has 1 aromatic heterocycles. The molecule has 0 aromatic carbocycles. The Hall–Kier alpha value is -0.880. The number of hydrogen-bond acceptors (Lipinski definition) is 5. The van der Waals surface area contributed by atoms with Crippen LogP contribution in [0.15, 0.2) is 16.5 Å². The molecule has 0 aliphatic heterocycles. The Morgan fingerprint density at radius 3 is 2.75 bits per heavy atom. The van der Waals surface area contributed by atoms with Crippen molar-refractivity contribution in [2.24, 2.45) is 0 Å². The molecule has 0 aliphatic rings. The summed E-state index contributed by atoms with van der Waals surface area (Å²) in [7, 11) is 0. The lowest BCUT2D eigenvalue weighted by Crippen LogP contribution is -2.10. The second-order valence-corrected chi connectivity index (χ2v) is 7.03. The van der Waals surface area contributed by atoms with Gasteiger partial charge in [0, 0.05) is 12.2 Å². The van der Waals surface area contributed by atoms with Crippen molar-refractivity contribution in [1.29, 1.82) is 0 Å². The van der Waals surface area contributed by atoms with E-state index in [0.29, 0.717) is 11.6 Å². The average Bonchev–Trinajstić information content (AvgIpc) is 2.83. The minimum atomic E-state index is 0.0362. The number of carbonyl (C=O) groups is 1. The van der Waals surface area contributed by atoms with Gasteiger partial charge in [-0.05, 0) is 13.3 Å². The highest BCUT2D eigenvalue weighted by atomic mass is 32.2. The van der Waals surface area contributed by atoms with Gasteiger partial charge in [0.15, 0.2) is 4.34 Å². The first kappa shape index (κ1) is 17.2. The van der Waals surface area contributed by atoms with E-state index < -0.39 is 0 Å². The van der Waals surface area contributed by atoms with Crippen molar-refractivity contribution in [3.63, 3.8) is 0 Å². The summed E-state index contributed by atoms with van der Waals surface area (Å²) in [6, 6.07) is 0. The highest BCUT2D eigenvalue weighted by Gasteiger charge is 2.08. The second kappa shape index (κ2) is 9.94. The van der Waals surface area contributed by atoms with Crippen LogP contribution in [0.1, 0.15) is 52.4 Å². The highest BCUT2D eigenvalue weighted by Crippen LogP contribution is 2.26. The van der Waals surface area contributed by atoms with Crippen LogP contribution in [-0.2, 0) is 4.79 Å². The number of amides is 1. The molecule has 0 aliphatic carbocycles. The predicted molar refractivity (Wildman–Crippen MR) is 87.5 cm³/mol. The summed E-state index contributed by atoms with van der Waals surface area (Å²) >= 11 is 3.02. The number of rotatable bonds is 10. The fourth-order valence-corrected chi connectivity index (χ4v) is 3.19. The maximum absolute atomic E-state index is 11.7. The number of anilines is 1. The first-order chi connectivity index (χ1) is 9.61. The van der Waals surface area contributed by atoms with Crippen LogP contribution in [0.5, 0.6) is 0 Å². The molecule has 0 spiro atoms. The van der Waals surface area contributed by atoms with Crippen LogP contribution >= 0.6 is 23.1 Å². The molecule has 1 heterocycles. The van der Waals surface area contributed by atoms with Gasteiger partial charge in [0.1, 0.15) is 0 Å². The largest absolute Gasteiger partial charge is 0.301 e. The summed E-state index contributed by atoms with van der Waals surface area (Å²) < 4.78 is 0.867. The summed E-state index contributed by atoms with van der Waals surface area (Å²) in [5, 5.41) is 11.4. The zero-order valence-electron chi connectivity index (χ0n) is 12.3. The molecule has 1 rings (SSSR count). The Bertz CT molecular complexity index is 432. The van der Waals surface area contributed by atoms with Gasteiger partial charge in [0.2, 0.25) is 11.0 Å². The molecule has 4 nitrogen and oxygen atoms in total. The minimum Gasteiger partial charge on any atom is -0.301 e. The van der Waals surface area contributed by atoms with E-state index in [9.17, 15) is 4.79 Å². The Labute approximate surface area is 129 Å². The average molecular weight is 313 g/mol. The predicted octanol–water partition coefficient (Wildman–Crippen LogP) is 4.51. The van der Waals surface area contributed by atoms with E-state index in [0.717, 1.165) is 28.5 Å². The van der Waals surface area contributed by atoms with Crippen LogP contribution in [-0.4, -0.2) is 21.9 Å². The van der Waals surface area contributed by atoms with Gasteiger partial charge in [0.05, 0.1) is 0 Å². The van der Waals surface area contributed by atoms with Crippen molar-refractivity contribution in [1.82, 2.24) is 10.2 Å². The zero-order valence-corrected chi connectivity index (χ0v) is 13.9. The third-order valence-corrected chi connectivity index (χ3v) is 4.80. The van der Waals surface area contributed by atoms with E-state index >= 15 is 0 Å². The van der Waals surface area contributed by atoms with Gasteiger partial charge < -0.3 is 5.32 Å². The second-order valence-electron chi connectivity index (χ2n) is 4.83. The van der Waals surface area contributed by atoms with Crippen molar-refractivity contribution in [2.75, 3.05) is 11.1 Å². The van der Waals surface area contributed by atoms with Crippen molar-refractivity contribution in [3.8, 4) is 0 Å². The maximum atomic E-state index is 11.7. The van der Waals surface area contributed by atoms with E-state index in [4.69, 9.17) is 0 Å². The highest BCUT2D eigenvalue weighted by molar-refractivity contribution is 8.01. The van der Waals surface area contributed by atoms with Crippen molar-refractivity contribution in [2.45, 2.75) is 56.7 Å². The van der Waals surface area contributed by atoms with Gasteiger partial charge in [-0.2, -0.15) is 0 Å². The van der Waals surface area contributed by atoms with Gasteiger partial charge >= 0.3 is 0 Å². The Morgan fingerprint density at radius 1 is 1.30 bits per heavy atom. The minimum absolute atomic E-state index is 0.0362. The number of hydrogen-bond donors (Lipinski definition) is 1. The standard InChI is InChI=1S/C14H23N3OS2/c1-4-5-6-7-8-9-12(18)15-13-16-17-14(20-13)19-10-11(2)3/h2,4-10H2,1,3H3,(H,15,16,18). The first-order valence-corrected chi connectivity index (χ1v) is 8.82. The Balaban J connectivity index is 2.23. The first-order valence-electron chi connectivity index (χ1n) is 7.02. The number of carbonyl (C=O) groups excluding carboxylic acids is 1. The molecule has 0 unspecified atom stereocenters. The van der Waals surface area contributed by atoms with Gasteiger partial charge in [-0.1, -0.05) is 67.9 Å². The molecule has 0 radical (unpaired) electrons. The smallest absolute Gasteiger partial charge is 0.226 e. The summed E-state index contributed by atoms with van der Waals surface area (Å²) in [4.78, 5) is 11.7. The zero-order chi connectivity index (χ0) is 14.8. The van der Waals surface area contributed by atoms with Gasteiger partial charge in [-0.15, -0.1) is 10.2 Å². The van der Waals surface area contributed by atoms with Gasteiger partial charge in [0.25, 0.3) is 0 Å². The molecule has 1 amide bonds. The van der Waals surface area contributed by atoms with Crippen LogP contribution in [0.4, 0.5) is 5.13 Å². The number of nitrogens with one attached hydrogen (secondary N) is 1. The lowest BCUT2D eigenvalue weighted by atomic mass is 10.1. The van der Waals surface area contributed by atoms with Crippen molar-refractivity contribution in [3.05, 3.63) is 12.2 Å². The molecule has 1 N–H and O–H groups in total. The van der Waals surface area contributed by atoms with Gasteiger partial charge in [-0.25, -0.2) is 0 Å². The molecule has 0 saturated carbocycles. The number of aromatic nitrogens is 2. The van der Waals surface area contributed by atoms with Crippen molar-refractivity contribution < 1.29 is 4.79 Å². The number of unbranched alkanes of at least 4 members (excludes halogenated alkanes) is 4. The third-order valence-electron chi connectivity index (χ3n) is 2.60. The van der Waals surface area contributed by atoms with E-state index in [1.54, 1.807) is 11.8 Å². The van der Waals surface area contributed by atoms with Crippen LogP contribution in [0.2, 0.25) is 0 Å². The van der Waals surface area contributed by atoms with Crippen LogP contribution < -0.4 is 5.32 Å². The van der Waals surface area contributed by atoms with Crippen LogP contribution in [0.25, 0.3) is 0 Å². The monoisotopic (exact) mass is 313 g/mol. The molecule has 112 valence electrons. The van der Waals surface area contributed by atoms with Crippen molar-refractivity contribution >= 4 is 34.1 Å². The maximum Gasteiger partial charge on any atom is 0.226 e. The van der Waals surface area contributed by atoms with E-state index in [2.05, 4.69) is 29.0 Å². The van der Waals surface area contributed by atoms with E-state index in [1.807, 2.05) is 6.92 Å². The van der Waals surface area contributed by atoms with Crippen LogP contribution in [0, 0.1) is 0 Å². The van der Waals surface area contributed by atoms with Gasteiger partial charge in [-0.3, -0.25) is 4.79 Å². The summed E-state index contributed by atoms with van der Waals surface area (Å²) in [5.41, 5.74) is 1.10.